The van der Waals surface area contributed by atoms with E-state index in [1.165, 1.54) is 11.3 Å². The zero-order valence-electron chi connectivity index (χ0n) is 20.3. The number of hydrogen-bond acceptors (Lipinski definition) is 5. The van der Waals surface area contributed by atoms with Crippen LogP contribution in [0.15, 0.2) is 48.5 Å². The molecule has 0 saturated heterocycles. The Morgan fingerprint density at radius 3 is 2.31 bits per heavy atom. The van der Waals surface area contributed by atoms with Crippen molar-refractivity contribution in [2.45, 2.75) is 40.0 Å². The Hall–Kier alpha value is -3.45. The molecule has 1 aliphatic carbocycles. The lowest BCUT2D eigenvalue weighted by Crippen LogP contribution is -2.30. The first-order chi connectivity index (χ1) is 16.8. The Morgan fingerprint density at radius 1 is 0.971 bits per heavy atom. The first kappa shape index (κ1) is 24.7. The van der Waals surface area contributed by atoms with Gasteiger partial charge in [0.05, 0.1) is 17.7 Å². The molecular weight excluding hydrogens is 460 g/mol. The SMILES string of the molecule is Cc1ccccc1C(=O)Nc1sc2c(c1C(=O)NCCOC(=O)c1ccccc1C)CCC(C)C2. The van der Waals surface area contributed by atoms with Gasteiger partial charge in [0.2, 0.25) is 0 Å². The highest BCUT2D eigenvalue weighted by molar-refractivity contribution is 7.17. The molecule has 7 heteroatoms. The number of aryl methyl sites for hydroxylation is 2. The van der Waals surface area contributed by atoms with Crippen LogP contribution >= 0.6 is 11.3 Å². The first-order valence-electron chi connectivity index (χ1n) is 11.9. The molecule has 0 bridgehead atoms. The number of fused-ring (bicyclic) bond motifs is 1. The number of carbonyl (C=O) groups excluding carboxylic acids is 3. The zero-order valence-corrected chi connectivity index (χ0v) is 21.1. The van der Waals surface area contributed by atoms with E-state index in [1.807, 2.05) is 44.2 Å². The van der Waals surface area contributed by atoms with Crippen molar-refractivity contribution < 1.29 is 19.1 Å². The minimum atomic E-state index is -0.412. The Balaban J connectivity index is 1.46. The van der Waals surface area contributed by atoms with Gasteiger partial charge in [0.25, 0.3) is 11.8 Å². The Morgan fingerprint density at radius 2 is 1.63 bits per heavy atom. The molecule has 35 heavy (non-hydrogen) atoms. The maximum atomic E-state index is 13.2. The van der Waals surface area contributed by atoms with E-state index in [0.29, 0.717) is 27.6 Å². The molecule has 6 nitrogen and oxygen atoms in total. The van der Waals surface area contributed by atoms with Crippen LogP contribution in [-0.4, -0.2) is 30.9 Å². The number of hydrogen-bond donors (Lipinski definition) is 2. The Labute approximate surface area is 209 Å². The largest absolute Gasteiger partial charge is 0.460 e. The van der Waals surface area contributed by atoms with Crippen molar-refractivity contribution in [2.75, 3.05) is 18.5 Å². The normalized spacial score (nSPS) is 14.7. The van der Waals surface area contributed by atoms with Crippen molar-refractivity contribution in [1.29, 1.82) is 0 Å². The number of esters is 1. The summed E-state index contributed by atoms with van der Waals surface area (Å²) in [6, 6.07) is 14.6. The second-order valence-electron chi connectivity index (χ2n) is 9.03. The van der Waals surface area contributed by atoms with Crippen LogP contribution < -0.4 is 10.6 Å². The molecule has 0 spiro atoms. The van der Waals surface area contributed by atoms with Crippen LogP contribution in [0.3, 0.4) is 0 Å². The number of benzene rings is 2. The number of nitrogens with one attached hydrogen (secondary N) is 2. The highest BCUT2D eigenvalue weighted by atomic mass is 32.1. The molecule has 1 unspecified atom stereocenters. The topological polar surface area (TPSA) is 84.5 Å². The average molecular weight is 491 g/mol. The summed E-state index contributed by atoms with van der Waals surface area (Å²) >= 11 is 1.49. The maximum absolute atomic E-state index is 13.2. The van der Waals surface area contributed by atoms with E-state index in [2.05, 4.69) is 17.6 Å². The first-order valence-corrected chi connectivity index (χ1v) is 12.7. The van der Waals surface area contributed by atoms with Crippen molar-refractivity contribution in [3.8, 4) is 0 Å². The lowest BCUT2D eigenvalue weighted by molar-refractivity contribution is 0.0502. The quantitative estimate of drug-likeness (QED) is 0.346. The predicted octanol–water partition coefficient (Wildman–Crippen LogP) is 5.33. The van der Waals surface area contributed by atoms with Gasteiger partial charge in [-0.15, -0.1) is 11.3 Å². The van der Waals surface area contributed by atoms with Crippen LogP contribution in [-0.2, 0) is 17.6 Å². The Bertz CT molecular complexity index is 1260. The third kappa shape index (κ3) is 5.62. The van der Waals surface area contributed by atoms with Crippen molar-refractivity contribution in [3.63, 3.8) is 0 Å². The van der Waals surface area contributed by atoms with E-state index in [-0.39, 0.29) is 25.0 Å². The molecule has 0 fully saturated rings. The highest BCUT2D eigenvalue weighted by Crippen LogP contribution is 2.40. The summed E-state index contributed by atoms with van der Waals surface area (Å²) in [6.07, 6.45) is 2.70. The zero-order chi connectivity index (χ0) is 24.9. The van der Waals surface area contributed by atoms with E-state index in [4.69, 9.17) is 4.74 Å². The van der Waals surface area contributed by atoms with Crippen molar-refractivity contribution in [3.05, 3.63) is 86.8 Å². The van der Waals surface area contributed by atoms with E-state index in [9.17, 15) is 14.4 Å². The van der Waals surface area contributed by atoms with Crippen LogP contribution in [0.1, 0.15) is 66.0 Å². The molecule has 1 atom stereocenters. The summed E-state index contributed by atoms with van der Waals surface area (Å²) in [5.74, 6) is -0.358. The van der Waals surface area contributed by atoms with Gasteiger partial charge in [0.15, 0.2) is 0 Å². The van der Waals surface area contributed by atoms with Gasteiger partial charge in [-0.2, -0.15) is 0 Å². The van der Waals surface area contributed by atoms with Gasteiger partial charge in [-0.3, -0.25) is 9.59 Å². The third-order valence-corrected chi connectivity index (χ3v) is 7.51. The second-order valence-corrected chi connectivity index (χ2v) is 10.1. The van der Waals surface area contributed by atoms with Crippen molar-refractivity contribution in [1.82, 2.24) is 5.32 Å². The fraction of sp³-hybridized carbons (Fsp3) is 0.321. The number of amides is 2. The van der Waals surface area contributed by atoms with Gasteiger partial charge >= 0.3 is 5.97 Å². The fourth-order valence-electron chi connectivity index (χ4n) is 4.35. The lowest BCUT2D eigenvalue weighted by atomic mass is 9.88. The number of rotatable bonds is 7. The third-order valence-electron chi connectivity index (χ3n) is 6.34. The van der Waals surface area contributed by atoms with Gasteiger partial charge in [-0.25, -0.2) is 4.79 Å². The highest BCUT2D eigenvalue weighted by Gasteiger charge is 2.28. The number of carbonyl (C=O) groups is 3. The van der Waals surface area contributed by atoms with Crippen LogP contribution in [0.25, 0.3) is 0 Å². The van der Waals surface area contributed by atoms with E-state index in [1.54, 1.807) is 18.2 Å². The molecule has 1 aromatic heterocycles. The van der Waals surface area contributed by atoms with Gasteiger partial charge in [-0.05, 0) is 67.9 Å². The molecule has 1 heterocycles. The molecule has 182 valence electrons. The Kier molecular flexibility index (Phi) is 7.66. The second kappa shape index (κ2) is 10.9. The summed E-state index contributed by atoms with van der Waals surface area (Å²) in [5, 5.41) is 6.44. The van der Waals surface area contributed by atoms with Gasteiger partial charge < -0.3 is 15.4 Å². The maximum Gasteiger partial charge on any atom is 0.338 e. The fourth-order valence-corrected chi connectivity index (χ4v) is 5.76. The molecule has 2 N–H and O–H groups in total. The summed E-state index contributed by atoms with van der Waals surface area (Å²) in [6.45, 7) is 6.19. The predicted molar refractivity (Wildman–Crippen MR) is 138 cm³/mol. The van der Waals surface area contributed by atoms with Crippen molar-refractivity contribution in [2.24, 2.45) is 5.92 Å². The van der Waals surface area contributed by atoms with E-state index >= 15 is 0 Å². The van der Waals surface area contributed by atoms with Crippen LogP contribution in [0.4, 0.5) is 5.00 Å². The number of anilines is 1. The molecule has 4 rings (SSSR count). The minimum Gasteiger partial charge on any atom is -0.460 e. The van der Waals surface area contributed by atoms with Gasteiger partial charge in [0.1, 0.15) is 11.6 Å². The number of ether oxygens (including phenoxy) is 1. The number of thiophene rings is 1. The molecule has 3 aromatic rings. The van der Waals surface area contributed by atoms with Gasteiger partial charge in [-0.1, -0.05) is 43.3 Å². The molecule has 2 aromatic carbocycles. The summed E-state index contributed by atoms with van der Waals surface area (Å²) in [7, 11) is 0. The van der Waals surface area contributed by atoms with E-state index in [0.717, 1.165) is 40.8 Å². The summed E-state index contributed by atoms with van der Waals surface area (Å²) in [4.78, 5) is 39.7. The van der Waals surface area contributed by atoms with E-state index < -0.39 is 5.97 Å². The standard InChI is InChI=1S/C28H30N2O4S/c1-17-12-13-22-23(16-17)35-27(30-25(31)20-10-6-4-8-18(20)2)24(22)26(32)29-14-15-34-28(33)21-11-7-5-9-19(21)3/h4-11,17H,12-16H2,1-3H3,(H,29,32)(H,30,31). The molecule has 0 radical (unpaired) electrons. The van der Waals surface area contributed by atoms with Crippen LogP contribution in [0.5, 0.6) is 0 Å². The average Bonchev–Trinajstić information content (AvgIpc) is 3.18. The molecule has 0 saturated carbocycles. The summed E-state index contributed by atoms with van der Waals surface area (Å²) < 4.78 is 5.35. The minimum absolute atomic E-state index is 0.0627. The van der Waals surface area contributed by atoms with Crippen molar-refractivity contribution >= 4 is 34.1 Å². The van der Waals surface area contributed by atoms with Crippen LogP contribution in [0.2, 0.25) is 0 Å². The molecule has 1 aliphatic rings. The monoisotopic (exact) mass is 490 g/mol. The molecule has 2 amide bonds. The molecular formula is C28H30N2O4S. The van der Waals surface area contributed by atoms with Crippen LogP contribution in [0, 0.1) is 19.8 Å². The summed E-state index contributed by atoms with van der Waals surface area (Å²) in [5.41, 5.74) is 4.37. The smallest absolute Gasteiger partial charge is 0.338 e. The van der Waals surface area contributed by atoms with Gasteiger partial charge in [0, 0.05) is 10.4 Å². The lowest BCUT2D eigenvalue weighted by Gasteiger charge is -2.18. The molecule has 0 aliphatic heterocycles.